The zero-order valence-electron chi connectivity index (χ0n) is 21.1. The van der Waals surface area contributed by atoms with E-state index in [2.05, 4.69) is 4.74 Å². The van der Waals surface area contributed by atoms with Crippen molar-refractivity contribution in [3.8, 4) is 0 Å². The van der Waals surface area contributed by atoms with Gasteiger partial charge >= 0.3 is 5.97 Å². The first-order valence-corrected chi connectivity index (χ1v) is 14.0. The molecular formula is C25H23F2NO8RfS2-2. The number of alkyl halides is 2. The molecule has 3 heterocycles. The molecule has 9 nitrogen and oxygen atoms in total. The number of carbonyl (C=O) groups is 3. The second-order valence-corrected chi connectivity index (χ2v) is 13.3. The number of ether oxygens (including phenoxy) is 2. The van der Waals surface area contributed by atoms with Crippen LogP contribution in [0.2, 0.25) is 0 Å². The SMILES string of the molecule is CC(C)(C)N1C(=O)C2C3SC(C(OC(=O)c4cccc5ccccc45)C31)C2C(=O)O[CH-]C(F)(F)S(=O)(=O)[O-].[Rf]. The molecule has 6 atom stereocenters. The maximum absolute atomic E-state index is 13.6. The van der Waals surface area contributed by atoms with Crippen molar-refractivity contribution in [2.75, 3.05) is 0 Å². The fraction of sp³-hybridized carbons (Fsp3) is 0.440. The Morgan fingerprint density at radius 2 is 1.72 bits per heavy atom. The Morgan fingerprint density at radius 1 is 1.08 bits per heavy atom. The summed E-state index contributed by atoms with van der Waals surface area (Å²) in [5.74, 6) is -4.64. The van der Waals surface area contributed by atoms with Gasteiger partial charge in [-0.2, -0.15) is 0 Å². The van der Waals surface area contributed by atoms with Crippen LogP contribution in [0.15, 0.2) is 42.5 Å². The summed E-state index contributed by atoms with van der Waals surface area (Å²) in [6, 6.07) is 11.8. The van der Waals surface area contributed by atoms with Gasteiger partial charge in [-0.25, -0.2) is 22.0 Å². The van der Waals surface area contributed by atoms with Gasteiger partial charge in [0.25, 0.3) is 11.2 Å². The molecule has 2 bridgehead atoms. The van der Waals surface area contributed by atoms with Crippen LogP contribution in [0.3, 0.4) is 0 Å². The standard InChI is InChI=1S/C25H24F2NO8S2.Rf/c1-24(2,3)28-17-18(36-22(30)14-10-6-8-12-7-4-5-9-13(12)14)20-16(15(21(28)29)19(17)37-20)23(31)35-11-25(26,27)38(32,33)34;/h4-11,15-20H,1-3H3,(H,32,33,34);/q-1;/p-1. The molecule has 0 radical (unpaired) electrons. The number of esters is 2. The molecular weight excluding hydrogens is 811 g/mol. The molecule has 6 unspecified atom stereocenters. The Bertz CT molecular complexity index is 1440. The molecule has 0 saturated carbocycles. The minimum atomic E-state index is -6.12. The average Bonchev–Trinajstić information content (AvgIpc) is 3.44. The number of amides is 1. The van der Waals surface area contributed by atoms with Crippen LogP contribution in [0.4, 0.5) is 8.78 Å². The first kappa shape index (κ1) is 28.2. The van der Waals surface area contributed by atoms with E-state index in [1.165, 1.54) is 11.8 Å². The number of benzene rings is 2. The molecule has 14 heteroatoms. The van der Waals surface area contributed by atoms with Crippen LogP contribution < -0.4 is 0 Å². The quantitative estimate of drug-likeness (QED) is 0.245. The number of halogens is 2. The van der Waals surface area contributed by atoms with Crippen LogP contribution >= 0.6 is 11.8 Å². The van der Waals surface area contributed by atoms with Crippen molar-refractivity contribution in [1.29, 1.82) is 0 Å². The molecule has 206 valence electrons. The molecule has 3 fully saturated rings. The van der Waals surface area contributed by atoms with E-state index in [0.717, 1.165) is 5.39 Å². The van der Waals surface area contributed by atoms with Gasteiger partial charge in [-0.05, 0) is 37.6 Å². The van der Waals surface area contributed by atoms with E-state index in [4.69, 9.17) is 4.74 Å². The van der Waals surface area contributed by atoms with E-state index in [1.807, 2.05) is 18.2 Å². The summed E-state index contributed by atoms with van der Waals surface area (Å²) in [4.78, 5) is 41.4. The van der Waals surface area contributed by atoms with Gasteiger partial charge in [0.05, 0.1) is 28.7 Å². The Hall–Kier alpha value is -3.77. The van der Waals surface area contributed by atoms with E-state index >= 15 is 0 Å². The number of likely N-dealkylation sites (tertiary alicyclic amines) is 1. The van der Waals surface area contributed by atoms with Crippen molar-refractivity contribution in [3.63, 3.8) is 0 Å². The number of hydrogen-bond donors (Lipinski definition) is 0. The molecule has 0 aromatic heterocycles. The predicted molar refractivity (Wildman–Crippen MR) is 131 cm³/mol. The van der Waals surface area contributed by atoms with Crippen molar-refractivity contribution < 1.29 is 45.6 Å². The summed E-state index contributed by atoms with van der Waals surface area (Å²) in [5.41, 5.74) is -0.435. The zero-order chi connectivity index (χ0) is 27.8. The summed E-state index contributed by atoms with van der Waals surface area (Å²) in [7, 11) is -6.12. The van der Waals surface area contributed by atoms with Crippen LogP contribution in [0, 0.1) is 18.4 Å². The fourth-order valence-electron chi connectivity index (χ4n) is 5.66. The molecule has 2 aromatic rings. The van der Waals surface area contributed by atoms with Gasteiger partial charge in [0, 0.05) is 10.8 Å². The molecule has 2 aromatic carbocycles. The first-order chi connectivity index (χ1) is 17.6. The van der Waals surface area contributed by atoms with Crippen LogP contribution in [0.25, 0.3) is 10.8 Å². The Morgan fingerprint density at radius 3 is 2.36 bits per heavy atom. The minimum Gasteiger partial charge on any atom is -0.746 e. The number of fused-ring (bicyclic) bond motifs is 2. The average molecular weight is 835 g/mol. The van der Waals surface area contributed by atoms with E-state index in [1.54, 1.807) is 49.9 Å². The van der Waals surface area contributed by atoms with Gasteiger partial charge in [-0.3, -0.25) is 9.59 Å². The summed E-state index contributed by atoms with van der Waals surface area (Å²) >= 11 is 1.24. The van der Waals surface area contributed by atoms with Crippen molar-refractivity contribution in [3.05, 3.63) is 54.6 Å². The fourth-order valence-corrected chi connectivity index (χ4v) is 7.90. The van der Waals surface area contributed by atoms with E-state index in [9.17, 15) is 36.1 Å². The third-order valence-electron chi connectivity index (χ3n) is 7.12. The topological polar surface area (TPSA) is 130 Å². The van der Waals surface area contributed by atoms with Gasteiger partial charge in [-0.1, -0.05) is 43.0 Å². The molecule has 1 amide bonds. The van der Waals surface area contributed by atoms with Gasteiger partial charge in [0.15, 0.2) is 0 Å². The molecule has 0 aliphatic carbocycles. The summed E-state index contributed by atoms with van der Waals surface area (Å²) in [6.07, 6.45) is -0.973. The number of nitrogens with zero attached hydrogens (tertiary/aromatic N) is 1. The maximum atomic E-state index is 13.6. The summed E-state index contributed by atoms with van der Waals surface area (Å²) in [6.45, 7) is 4.75. The Balaban J connectivity index is 0.00000353. The molecule has 3 aliphatic rings. The number of hydrogen-bond acceptors (Lipinski definition) is 9. The number of thioether (sulfide) groups is 1. The number of rotatable bonds is 6. The second-order valence-electron chi connectivity index (χ2n) is 10.5. The maximum Gasteiger partial charge on any atom is 0.339 e. The monoisotopic (exact) mass is 834 g/mol. The van der Waals surface area contributed by atoms with Gasteiger partial charge in [0.2, 0.25) is 5.91 Å². The van der Waals surface area contributed by atoms with Gasteiger partial charge in [0.1, 0.15) is 16.2 Å². The third-order valence-corrected chi connectivity index (χ3v) is 9.64. The Kier molecular flexibility index (Phi) is 6.64. The summed E-state index contributed by atoms with van der Waals surface area (Å²) < 4.78 is 70.1. The number of carbonyl (C=O) groups excluding carboxylic acids is 3. The van der Waals surface area contributed by atoms with Crippen molar-refractivity contribution >= 4 is 50.5 Å². The largest absolute Gasteiger partial charge is 0.746 e. The van der Waals surface area contributed by atoms with Crippen LogP contribution in [-0.4, -0.2) is 69.2 Å². The Labute approximate surface area is 221 Å². The molecule has 0 spiro atoms. The van der Waals surface area contributed by atoms with Gasteiger partial charge in [-0.15, -0.1) is 11.8 Å². The van der Waals surface area contributed by atoms with Crippen molar-refractivity contribution in [1.82, 2.24) is 4.90 Å². The summed E-state index contributed by atoms with van der Waals surface area (Å²) in [5, 5.41) is -4.80. The third kappa shape index (κ3) is 4.37. The minimum absolute atomic E-state index is 0. The molecule has 3 aliphatic heterocycles. The first-order valence-electron chi connectivity index (χ1n) is 11.7. The smallest absolute Gasteiger partial charge is 0.339 e. The van der Waals surface area contributed by atoms with Crippen molar-refractivity contribution in [2.45, 2.75) is 54.2 Å². The molecule has 3 saturated heterocycles. The van der Waals surface area contributed by atoms with Crippen LogP contribution in [0.1, 0.15) is 31.1 Å². The molecule has 5 rings (SSSR count). The molecule has 39 heavy (non-hydrogen) atoms. The molecule has 0 N–H and O–H groups in total. The predicted octanol–water partition coefficient (Wildman–Crippen LogP) is 2.95. The second kappa shape index (κ2) is 9.16. The zero-order valence-corrected chi connectivity index (χ0v) is 29.1. The normalized spacial score (nSPS) is 27.9. The van der Waals surface area contributed by atoms with Crippen molar-refractivity contribution in [2.24, 2.45) is 11.8 Å². The van der Waals surface area contributed by atoms with Gasteiger partial charge < -0.3 is 18.9 Å². The van der Waals surface area contributed by atoms with Crippen LogP contribution in [-0.2, 0) is 29.2 Å². The van der Waals surface area contributed by atoms with E-state index < -0.39 is 79.8 Å². The van der Waals surface area contributed by atoms with Crippen LogP contribution in [0.5, 0.6) is 0 Å². The van der Waals surface area contributed by atoms with E-state index in [-0.39, 0.29) is 5.56 Å². The van der Waals surface area contributed by atoms with E-state index in [0.29, 0.717) is 5.39 Å².